The molecule has 1 aromatic heterocycles. The lowest BCUT2D eigenvalue weighted by Crippen LogP contribution is -2.30. The van der Waals surface area contributed by atoms with Gasteiger partial charge in [-0.05, 0) is 24.6 Å². The number of aryl methyl sites for hydroxylation is 1. The summed E-state index contributed by atoms with van der Waals surface area (Å²) in [4.78, 5) is 14.2. The van der Waals surface area contributed by atoms with E-state index in [1.54, 1.807) is 0 Å². The largest absolute Gasteiger partial charge is 0.465 e. The molecule has 1 amide bonds. The van der Waals surface area contributed by atoms with E-state index in [0.29, 0.717) is 13.0 Å². The lowest BCUT2D eigenvalue weighted by molar-refractivity contribution is -0.121. The minimum atomic E-state index is 0.0964. The Balaban J connectivity index is 1.85. The number of carbonyl (C=O) groups is 1. The molecule has 1 aliphatic rings. The fourth-order valence-electron chi connectivity index (χ4n) is 2.84. The maximum Gasteiger partial charge on any atom is 0.221 e. The van der Waals surface area contributed by atoms with Gasteiger partial charge in [-0.1, -0.05) is 30.3 Å². The van der Waals surface area contributed by atoms with Gasteiger partial charge in [-0.2, -0.15) is 0 Å². The maximum absolute atomic E-state index is 11.9. The summed E-state index contributed by atoms with van der Waals surface area (Å²) >= 11 is 0. The first-order valence-corrected chi connectivity index (χ1v) is 7.33. The number of nitrogens with zero attached hydrogens (tertiary/aromatic N) is 1. The van der Waals surface area contributed by atoms with Crippen molar-refractivity contribution in [1.29, 1.82) is 0 Å². The van der Waals surface area contributed by atoms with Crippen LogP contribution in [-0.2, 0) is 11.3 Å². The number of amides is 1. The highest BCUT2D eigenvalue weighted by molar-refractivity contribution is 5.77. The first-order valence-electron chi connectivity index (χ1n) is 7.33. The molecule has 1 fully saturated rings. The van der Waals surface area contributed by atoms with Crippen LogP contribution in [0.25, 0.3) is 0 Å². The topological polar surface area (TPSA) is 45.5 Å². The summed E-state index contributed by atoms with van der Waals surface area (Å²) in [5.74, 6) is 1.98. The quantitative estimate of drug-likeness (QED) is 0.942. The average Bonchev–Trinajstić information content (AvgIpc) is 2.80. The summed E-state index contributed by atoms with van der Waals surface area (Å²) in [5, 5.41) is 2.95. The maximum atomic E-state index is 11.9. The van der Waals surface area contributed by atoms with Crippen molar-refractivity contribution in [3.63, 3.8) is 0 Å². The van der Waals surface area contributed by atoms with E-state index < -0.39 is 0 Å². The van der Waals surface area contributed by atoms with Crippen LogP contribution in [0.4, 0.5) is 0 Å². The summed E-state index contributed by atoms with van der Waals surface area (Å²) in [6, 6.07) is 14.3. The molecular formula is C17H20N2O2. The van der Waals surface area contributed by atoms with Gasteiger partial charge in [0.1, 0.15) is 11.5 Å². The summed E-state index contributed by atoms with van der Waals surface area (Å²) in [6.45, 7) is 4.18. The van der Waals surface area contributed by atoms with Gasteiger partial charge >= 0.3 is 0 Å². The number of rotatable bonds is 3. The smallest absolute Gasteiger partial charge is 0.221 e. The summed E-state index contributed by atoms with van der Waals surface area (Å²) < 4.78 is 5.69. The average molecular weight is 284 g/mol. The van der Waals surface area contributed by atoms with Crippen molar-refractivity contribution in [3.05, 3.63) is 59.5 Å². The van der Waals surface area contributed by atoms with Gasteiger partial charge in [0.15, 0.2) is 0 Å². The molecular weight excluding hydrogens is 264 g/mol. The Kier molecular flexibility index (Phi) is 4.06. The van der Waals surface area contributed by atoms with Gasteiger partial charge < -0.3 is 9.73 Å². The first kappa shape index (κ1) is 13.9. The summed E-state index contributed by atoms with van der Waals surface area (Å²) in [6.07, 6.45) is 0.490. The van der Waals surface area contributed by atoms with Crippen LogP contribution in [0.1, 0.15) is 29.5 Å². The Morgan fingerprint density at radius 1 is 1.24 bits per heavy atom. The molecule has 1 aliphatic heterocycles. The highest BCUT2D eigenvalue weighted by atomic mass is 16.3. The lowest BCUT2D eigenvalue weighted by atomic mass is 10.0. The number of nitrogens with one attached hydrogen (secondary N) is 1. The monoisotopic (exact) mass is 284 g/mol. The van der Waals surface area contributed by atoms with E-state index in [9.17, 15) is 4.79 Å². The molecule has 0 aliphatic carbocycles. The van der Waals surface area contributed by atoms with Gasteiger partial charge in [-0.25, -0.2) is 0 Å². The Bertz CT molecular complexity index is 606. The van der Waals surface area contributed by atoms with Gasteiger partial charge in [-0.15, -0.1) is 0 Å². The van der Waals surface area contributed by atoms with Crippen molar-refractivity contribution in [2.45, 2.75) is 25.9 Å². The van der Waals surface area contributed by atoms with Crippen LogP contribution in [0, 0.1) is 6.92 Å². The third-order valence-corrected chi connectivity index (χ3v) is 3.88. The molecule has 1 atom stereocenters. The predicted octanol–water partition coefficient (Wildman–Crippen LogP) is 2.65. The fraction of sp³-hybridized carbons (Fsp3) is 0.353. The van der Waals surface area contributed by atoms with Crippen LogP contribution in [0.2, 0.25) is 0 Å². The van der Waals surface area contributed by atoms with E-state index in [1.807, 2.05) is 37.3 Å². The van der Waals surface area contributed by atoms with Crippen molar-refractivity contribution in [2.75, 3.05) is 13.1 Å². The zero-order chi connectivity index (χ0) is 14.7. The van der Waals surface area contributed by atoms with Gasteiger partial charge in [0.25, 0.3) is 0 Å². The third-order valence-electron chi connectivity index (χ3n) is 3.88. The van der Waals surface area contributed by atoms with Crippen LogP contribution >= 0.6 is 0 Å². The van der Waals surface area contributed by atoms with Gasteiger partial charge in [-0.3, -0.25) is 9.69 Å². The standard InChI is InChI=1S/C17H20N2O2/c1-13-7-8-15(21-13)12-19-10-9-18-17(20)11-16(19)14-5-3-2-4-6-14/h2-8,16H,9-12H2,1H3,(H,18,20). The van der Waals surface area contributed by atoms with Crippen LogP contribution in [0.15, 0.2) is 46.9 Å². The fourth-order valence-corrected chi connectivity index (χ4v) is 2.84. The molecule has 2 aromatic rings. The zero-order valence-electron chi connectivity index (χ0n) is 12.2. The minimum absolute atomic E-state index is 0.0964. The van der Waals surface area contributed by atoms with Crippen LogP contribution in [0.5, 0.6) is 0 Å². The van der Waals surface area contributed by atoms with Gasteiger partial charge in [0.05, 0.1) is 6.54 Å². The zero-order valence-corrected chi connectivity index (χ0v) is 12.2. The molecule has 1 aromatic carbocycles. The molecule has 1 saturated heterocycles. The highest BCUT2D eigenvalue weighted by Crippen LogP contribution is 2.27. The van der Waals surface area contributed by atoms with E-state index in [4.69, 9.17) is 4.42 Å². The van der Waals surface area contributed by atoms with Crippen molar-refractivity contribution >= 4 is 5.91 Å². The SMILES string of the molecule is Cc1ccc(CN2CCNC(=O)CC2c2ccccc2)o1. The van der Waals surface area contributed by atoms with E-state index in [-0.39, 0.29) is 11.9 Å². The van der Waals surface area contributed by atoms with Crippen LogP contribution < -0.4 is 5.32 Å². The van der Waals surface area contributed by atoms with Crippen molar-refractivity contribution in [2.24, 2.45) is 0 Å². The molecule has 1 N–H and O–H groups in total. The Labute approximate surface area is 124 Å². The molecule has 4 heteroatoms. The second kappa shape index (κ2) is 6.14. The first-order chi connectivity index (χ1) is 10.2. The highest BCUT2D eigenvalue weighted by Gasteiger charge is 2.26. The lowest BCUT2D eigenvalue weighted by Gasteiger charge is -2.28. The Morgan fingerprint density at radius 2 is 2.05 bits per heavy atom. The Hall–Kier alpha value is -2.07. The second-order valence-electron chi connectivity index (χ2n) is 5.46. The van der Waals surface area contributed by atoms with Crippen LogP contribution in [0.3, 0.4) is 0 Å². The van der Waals surface area contributed by atoms with E-state index >= 15 is 0 Å². The summed E-state index contributed by atoms with van der Waals surface area (Å²) in [7, 11) is 0. The molecule has 1 unspecified atom stereocenters. The number of carbonyl (C=O) groups excluding carboxylic acids is 1. The van der Waals surface area contributed by atoms with Crippen LogP contribution in [-0.4, -0.2) is 23.9 Å². The van der Waals surface area contributed by atoms with Gasteiger partial charge in [0.2, 0.25) is 5.91 Å². The number of hydrogen-bond donors (Lipinski definition) is 1. The molecule has 2 heterocycles. The van der Waals surface area contributed by atoms with E-state index in [1.165, 1.54) is 5.56 Å². The molecule has 110 valence electrons. The van der Waals surface area contributed by atoms with Crippen molar-refractivity contribution < 1.29 is 9.21 Å². The van der Waals surface area contributed by atoms with Gasteiger partial charge in [0, 0.05) is 25.6 Å². The molecule has 0 saturated carbocycles. The van der Waals surface area contributed by atoms with Crippen molar-refractivity contribution in [1.82, 2.24) is 10.2 Å². The molecule has 0 bridgehead atoms. The molecule has 0 radical (unpaired) electrons. The number of hydrogen-bond acceptors (Lipinski definition) is 3. The molecule has 4 nitrogen and oxygen atoms in total. The predicted molar refractivity (Wildman–Crippen MR) is 80.7 cm³/mol. The van der Waals surface area contributed by atoms with Crippen molar-refractivity contribution in [3.8, 4) is 0 Å². The number of benzene rings is 1. The Morgan fingerprint density at radius 3 is 2.76 bits per heavy atom. The molecule has 21 heavy (non-hydrogen) atoms. The summed E-state index contributed by atoms with van der Waals surface area (Å²) in [5.41, 5.74) is 1.18. The molecule has 3 rings (SSSR count). The third kappa shape index (κ3) is 3.34. The number of furan rings is 1. The van der Waals surface area contributed by atoms with E-state index in [2.05, 4.69) is 22.3 Å². The van der Waals surface area contributed by atoms with E-state index in [0.717, 1.165) is 24.6 Å². The minimum Gasteiger partial charge on any atom is -0.465 e. The normalized spacial score (nSPS) is 20.0. The molecule has 0 spiro atoms. The second-order valence-corrected chi connectivity index (χ2v) is 5.46.